The van der Waals surface area contributed by atoms with Gasteiger partial charge in [-0.05, 0) is 6.07 Å². The SMILES string of the molecule is CON(C(=O)O)c1nc2c(N)nc3ccccc3c2s1. The van der Waals surface area contributed by atoms with Crippen LogP contribution in [0, 0.1) is 0 Å². The van der Waals surface area contributed by atoms with Crippen molar-refractivity contribution in [1.29, 1.82) is 0 Å². The maximum atomic E-state index is 11.1. The van der Waals surface area contributed by atoms with Crippen LogP contribution < -0.4 is 10.8 Å². The first-order valence-corrected chi connectivity index (χ1v) is 6.45. The molecule has 0 unspecified atom stereocenters. The third-order valence-electron chi connectivity index (χ3n) is 2.78. The van der Waals surface area contributed by atoms with Gasteiger partial charge in [-0.15, -0.1) is 5.06 Å². The number of fused-ring (bicyclic) bond motifs is 3. The van der Waals surface area contributed by atoms with Gasteiger partial charge in [-0.2, -0.15) is 0 Å². The summed E-state index contributed by atoms with van der Waals surface area (Å²) in [7, 11) is 1.26. The zero-order chi connectivity index (χ0) is 14.3. The predicted octanol–water partition coefficient (Wildman–Crippen LogP) is 2.47. The first-order chi connectivity index (χ1) is 9.61. The zero-order valence-corrected chi connectivity index (χ0v) is 11.2. The van der Waals surface area contributed by atoms with Gasteiger partial charge in [0.2, 0.25) is 5.13 Å². The fourth-order valence-corrected chi connectivity index (χ4v) is 3.02. The van der Waals surface area contributed by atoms with E-state index in [-0.39, 0.29) is 10.9 Å². The van der Waals surface area contributed by atoms with E-state index in [2.05, 4.69) is 9.97 Å². The number of hydrogen-bond donors (Lipinski definition) is 2. The van der Waals surface area contributed by atoms with E-state index in [1.807, 2.05) is 24.3 Å². The maximum Gasteiger partial charge on any atom is 0.438 e. The molecule has 2 heterocycles. The van der Waals surface area contributed by atoms with Crippen LogP contribution in [0.25, 0.3) is 21.1 Å². The lowest BCUT2D eigenvalue weighted by atomic mass is 10.2. The van der Waals surface area contributed by atoms with Gasteiger partial charge in [0.1, 0.15) is 5.52 Å². The molecule has 102 valence electrons. The number of thiazole rings is 1. The van der Waals surface area contributed by atoms with Gasteiger partial charge in [0.25, 0.3) is 0 Å². The van der Waals surface area contributed by atoms with E-state index in [9.17, 15) is 4.79 Å². The van der Waals surface area contributed by atoms with Gasteiger partial charge in [-0.3, -0.25) is 4.84 Å². The summed E-state index contributed by atoms with van der Waals surface area (Å²) in [5.74, 6) is 0.266. The molecule has 0 bridgehead atoms. The zero-order valence-electron chi connectivity index (χ0n) is 10.4. The number of carboxylic acid groups (broad SMARTS) is 1. The number of aromatic nitrogens is 2. The molecule has 0 saturated carbocycles. The Morgan fingerprint density at radius 3 is 2.85 bits per heavy atom. The average Bonchev–Trinajstić information content (AvgIpc) is 2.85. The molecular weight excluding hydrogens is 280 g/mol. The van der Waals surface area contributed by atoms with Crippen molar-refractivity contribution in [2.45, 2.75) is 0 Å². The lowest BCUT2D eigenvalue weighted by molar-refractivity contribution is 0.130. The van der Waals surface area contributed by atoms with Gasteiger partial charge in [-0.1, -0.05) is 29.5 Å². The number of pyridine rings is 1. The van der Waals surface area contributed by atoms with E-state index in [0.717, 1.165) is 15.6 Å². The van der Waals surface area contributed by atoms with Crippen molar-refractivity contribution in [3.8, 4) is 0 Å². The average molecular weight is 290 g/mol. The second kappa shape index (κ2) is 4.58. The van der Waals surface area contributed by atoms with Gasteiger partial charge in [0.15, 0.2) is 5.82 Å². The molecule has 2 aromatic heterocycles. The summed E-state index contributed by atoms with van der Waals surface area (Å²) < 4.78 is 0.784. The molecule has 0 aliphatic rings. The van der Waals surface area contributed by atoms with Crippen molar-refractivity contribution in [2.24, 2.45) is 0 Å². The molecule has 0 aliphatic heterocycles. The highest BCUT2D eigenvalue weighted by Crippen LogP contribution is 2.36. The smallest absolute Gasteiger partial charge is 0.438 e. The lowest BCUT2D eigenvalue weighted by Gasteiger charge is -2.10. The van der Waals surface area contributed by atoms with E-state index < -0.39 is 6.09 Å². The molecule has 3 rings (SSSR count). The van der Waals surface area contributed by atoms with Crippen LogP contribution in [-0.4, -0.2) is 28.3 Å². The van der Waals surface area contributed by atoms with E-state index in [1.165, 1.54) is 18.4 Å². The van der Waals surface area contributed by atoms with Crippen molar-refractivity contribution in [2.75, 3.05) is 17.9 Å². The van der Waals surface area contributed by atoms with Gasteiger partial charge in [-0.25, -0.2) is 14.8 Å². The Bertz CT molecular complexity index is 817. The van der Waals surface area contributed by atoms with Crippen molar-refractivity contribution in [1.82, 2.24) is 9.97 Å². The normalized spacial score (nSPS) is 11.1. The molecule has 0 saturated heterocycles. The van der Waals surface area contributed by atoms with Crippen LogP contribution >= 0.6 is 11.3 Å². The molecule has 1 amide bonds. The minimum absolute atomic E-state index is 0.194. The number of para-hydroxylation sites is 1. The van der Waals surface area contributed by atoms with Crippen molar-refractivity contribution in [3.63, 3.8) is 0 Å². The third kappa shape index (κ3) is 1.82. The topological polar surface area (TPSA) is 102 Å². The fraction of sp³-hybridized carbons (Fsp3) is 0.0833. The van der Waals surface area contributed by atoms with Crippen LogP contribution in [0.1, 0.15) is 0 Å². The number of benzene rings is 1. The molecule has 8 heteroatoms. The molecule has 3 aromatic rings. The number of anilines is 2. The molecule has 0 atom stereocenters. The minimum atomic E-state index is -1.25. The highest BCUT2D eigenvalue weighted by atomic mass is 32.1. The Kier molecular flexibility index (Phi) is 2.88. The second-order valence-corrected chi connectivity index (χ2v) is 4.93. The molecule has 3 N–H and O–H groups in total. The molecule has 0 radical (unpaired) electrons. The van der Waals surface area contributed by atoms with E-state index >= 15 is 0 Å². The standard InChI is InChI=1S/C12H10N4O3S/c1-19-16(12(17)18)11-15-8-9(20-11)6-4-2-3-5-7(6)14-10(8)13/h2-5H,1H3,(H2,13,14)(H,17,18). The number of hydroxylamine groups is 1. The predicted molar refractivity (Wildman–Crippen MR) is 76.8 cm³/mol. The summed E-state index contributed by atoms with van der Waals surface area (Å²) in [4.78, 5) is 24.3. The molecule has 1 aromatic carbocycles. The highest BCUT2D eigenvalue weighted by Gasteiger charge is 2.21. The molecule has 20 heavy (non-hydrogen) atoms. The van der Waals surface area contributed by atoms with Crippen molar-refractivity contribution >= 4 is 49.5 Å². The molecule has 7 nitrogen and oxygen atoms in total. The van der Waals surface area contributed by atoms with Crippen LogP contribution in [0.4, 0.5) is 15.7 Å². The molecule has 0 spiro atoms. The number of rotatable bonds is 2. The van der Waals surface area contributed by atoms with E-state index in [1.54, 1.807) is 0 Å². The minimum Gasteiger partial charge on any atom is -0.463 e. The summed E-state index contributed by atoms with van der Waals surface area (Å²) in [5, 5.41) is 10.8. The van der Waals surface area contributed by atoms with E-state index in [0.29, 0.717) is 10.6 Å². The summed E-state index contributed by atoms with van der Waals surface area (Å²) >= 11 is 1.19. The first kappa shape index (κ1) is 12.6. The van der Waals surface area contributed by atoms with Crippen LogP contribution in [0.5, 0.6) is 0 Å². The maximum absolute atomic E-state index is 11.1. The molecular formula is C12H10N4O3S. The van der Waals surface area contributed by atoms with Crippen molar-refractivity contribution < 1.29 is 14.7 Å². The lowest BCUT2D eigenvalue weighted by Crippen LogP contribution is -2.27. The summed E-state index contributed by atoms with van der Waals surface area (Å²) in [6.07, 6.45) is -1.25. The highest BCUT2D eigenvalue weighted by molar-refractivity contribution is 7.23. The number of amides is 1. The van der Waals surface area contributed by atoms with Gasteiger partial charge in [0.05, 0.1) is 17.3 Å². The quantitative estimate of drug-likeness (QED) is 0.703. The Balaban J connectivity index is 2.32. The van der Waals surface area contributed by atoms with Crippen LogP contribution in [-0.2, 0) is 4.84 Å². The Hall–Kier alpha value is -2.45. The number of hydrogen-bond acceptors (Lipinski definition) is 6. The van der Waals surface area contributed by atoms with Crippen molar-refractivity contribution in [3.05, 3.63) is 24.3 Å². The number of nitrogen functional groups attached to an aromatic ring is 1. The summed E-state index contributed by atoms with van der Waals surface area (Å²) in [6, 6.07) is 7.48. The Labute approximate surface area is 117 Å². The van der Waals surface area contributed by atoms with Gasteiger partial charge in [0, 0.05) is 5.39 Å². The third-order valence-corrected chi connectivity index (χ3v) is 3.84. The summed E-state index contributed by atoms with van der Waals surface area (Å²) in [6.45, 7) is 0. The van der Waals surface area contributed by atoms with Crippen LogP contribution in [0.3, 0.4) is 0 Å². The first-order valence-electron chi connectivity index (χ1n) is 5.63. The number of nitrogens with two attached hydrogens (primary N) is 1. The molecule has 0 aliphatic carbocycles. The van der Waals surface area contributed by atoms with Crippen LogP contribution in [0.15, 0.2) is 24.3 Å². The Morgan fingerprint density at radius 1 is 1.40 bits per heavy atom. The fourth-order valence-electron chi connectivity index (χ4n) is 1.94. The van der Waals surface area contributed by atoms with E-state index in [4.69, 9.17) is 15.7 Å². The number of nitrogens with zero attached hydrogens (tertiary/aromatic N) is 3. The Morgan fingerprint density at radius 2 is 2.15 bits per heavy atom. The largest absolute Gasteiger partial charge is 0.463 e. The van der Waals surface area contributed by atoms with Gasteiger partial charge >= 0.3 is 6.09 Å². The summed E-state index contributed by atoms with van der Waals surface area (Å²) in [5.41, 5.74) is 7.10. The second-order valence-electron chi connectivity index (χ2n) is 3.95. The van der Waals surface area contributed by atoms with Gasteiger partial charge < -0.3 is 10.8 Å². The number of carbonyl (C=O) groups is 1. The monoisotopic (exact) mass is 290 g/mol. The molecule has 0 fully saturated rings. The van der Waals surface area contributed by atoms with Crippen LogP contribution in [0.2, 0.25) is 0 Å².